The van der Waals surface area contributed by atoms with Gasteiger partial charge in [0.05, 0.1) is 0 Å². The van der Waals surface area contributed by atoms with Gasteiger partial charge < -0.3 is 0 Å². The van der Waals surface area contributed by atoms with Gasteiger partial charge in [0.2, 0.25) is 0 Å². The van der Waals surface area contributed by atoms with Gasteiger partial charge in [-0.15, -0.1) is 0 Å². The first-order valence-electron chi connectivity index (χ1n) is 9.66. The monoisotopic (exact) mass is 332 g/mol. The highest BCUT2D eigenvalue weighted by atomic mass is 33.1. The van der Waals surface area contributed by atoms with Gasteiger partial charge in [-0.1, -0.05) is 119 Å². The molecule has 0 aromatic heterocycles. The smallest absolute Gasteiger partial charge is 0.00369 e. The van der Waals surface area contributed by atoms with E-state index in [-0.39, 0.29) is 0 Å². The molecular weight excluding hydrogens is 292 g/mol. The Morgan fingerprint density at radius 1 is 0.381 bits per heavy atom. The molecule has 0 saturated heterocycles. The third-order valence-corrected chi connectivity index (χ3v) is 6.65. The Hall–Kier alpha value is 0.700. The molecule has 0 N–H and O–H groups in total. The molecular formula is C19H40S2. The fourth-order valence-corrected chi connectivity index (χ4v) is 4.84. The molecule has 0 spiro atoms. The lowest BCUT2D eigenvalue weighted by Crippen LogP contribution is -1.84. The van der Waals surface area contributed by atoms with Gasteiger partial charge in [-0.3, -0.25) is 0 Å². The standard InChI is InChI=1S/C19H40S2/c1-3-5-6-7-8-9-10-11-12-13-14-15-16-17-19-21-20-18-4-2/h3-19H2,1-2H3. The molecule has 0 saturated carbocycles. The van der Waals surface area contributed by atoms with Crippen LogP contribution in [0.3, 0.4) is 0 Å². The van der Waals surface area contributed by atoms with Crippen LogP contribution in [-0.2, 0) is 0 Å². The SMILES string of the molecule is CCCCCCCCCCCCCCCCSSCCC. The maximum atomic E-state index is 2.30. The molecule has 0 nitrogen and oxygen atoms in total. The minimum absolute atomic E-state index is 1.32. The topological polar surface area (TPSA) is 0 Å². The molecule has 2 heteroatoms. The molecule has 21 heavy (non-hydrogen) atoms. The third-order valence-electron chi connectivity index (χ3n) is 3.95. The van der Waals surface area contributed by atoms with Crippen molar-refractivity contribution in [1.82, 2.24) is 0 Å². The number of unbranched alkanes of at least 4 members (excludes halogenated alkanes) is 13. The largest absolute Gasteiger partial charge is 0.0942 e. The summed E-state index contributed by atoms with van der Waals surface area (Å²) < 4.78 is 0. The van der Waals surface area contributed by atoms with Gasteiger partial charge in [0.25, 0.3) is 0 Å². The fraction of sp³-hybridized carbons (Fsp3) is 1.00. The van der Waals surface area contributed by atoms with E-state index in [0.29, 0.717) is 0 Å². The predicted octanol–water partition coefficient (Wildman–Crippen LogP) is 8.26. The second kappa shape index (κ2) is 20.7. The van der Waals surface area contributed by atoms with E-state index in [1.165, 1.54) is 108 Å². The summed E-state index contributed by atoms with van der Waals surface area (Å²) in [6, 6.07) is 0. The van der Waals surface area contributed by atoms with Gasteiger partial charge in [-0.05, 0) is 12.8 Å². The molecule has 0 unspecified atom stereocenters. The second-order valence-corrected chi connectivity index (χ2v) is 8.94. The molecule has 0 aromatic carbocycles. The maximum Gasteiger partial charge on any atom is 0.00369 e. The zero-order valence-corrected chi connectivity index (χ0v) is 16.5. The molecule has 0 heterocycles. The average molecular weight is 333 g/mol. The maximum absolute atomic E-state index is 2.30. The fourth-order valence-electron chi connectivity index (χ4n) is 2.56. The molecule has 0 aromatic rings. The lowest BCUT2D eigenvalue weighted by molar-refractivity contribution is 0.538. The minimum Gasteiger partial charge on any atom is -0.0942 e. The summed E-state index contributed by atoms with van der Waals surface area (Å²) in [6.45, 7) is 4.56. The van der Waals surface area contributed by atoms with Crippen LogP contribution in [0.2, 0.25) is 0 Å². The second-order valence-electron chi connectivity index (χ2n) is 6.24. The van der Waals surface area contributed by atoms with Crippen molar-refractivity contribution in [3.05, 3.63) is 0 Å². The van der Waals surface area contributed by atoms with Crippen molar-refractivity contribution < 1.29 is 0 Å². The van der Waals surface area contributed by atoms with Gasteiger partial charge in [-0.2, -0.15) is 0 Å². The Balaban J connectivity index is 2.90. The summed E-state index contributed by atoms with van der Waals surface area (Å²) >= 11 is 0. The van der Waals surface area contributed by atoms with E-state index < -0.39 is 0 Å². The van der Waals surface area contributed by atoms with Gasteiger partial charge in [0, 0.05) is 11.5 Å². The van der Waals surface area contributed by atoms with E-state index in [2.05, 4.69) is 35.4 Å². The summed E-state index contributed by atoms with van der Waals surface area (Å²) in [5, 5.41) is 0. The molecule has 0 radical (unpaired) electrons. The van der Waals surface area contributed by atoms with E-state index in [9.17, 15) is 0 Å². The van der Waals surface area contributed by atoms with E-state index in [4.69, 9.17) is 0 Å². The molecule has 0 rings (SSSR count). The van der Waals surface area contributed by atoms with Crippen molar-refractivity contribution in [2.24, 2.45) is 0 Å². The molecule has 0 fully saturated rings. The van der Waals surface area contributed by atoms with Crippen LogP contribution in [0, 0.1) is 0 Å². The van der Waals surface area contributed by atoms with Crippen LogP contribution in [0.15, 0.2) is 0 Å². The molecule has 0 aliphatic carbocycles. The third kappa shape index (κ3) is 20.7. The van der Waals surface area contributed by atoms with Crippen LogP contribution in [0.25, 0.3) is 0 Å². The Kier molecular flexibility index (Phi) is 21.4. The van der Waals surface area contributed by atoms with E-state index >= 15 is 0 Å². The van der Waals surface area contributed by atoms with Crippen molar-refractivity contribution in [3.8, 4) is 0 Å². The van der Waals surface area contributed by atoms with Crippen molar-refractivity contribution in [2.75, 3.05) is 11.5 Å². The summed E-state index contributed by atoms with van der Waals surface area (Å²) in [5.41, 5.74) is 0. The zero-order valence-electron chi connectivity index (χ0n) is 14.8. The Labute approximate surface area is 143 Å². The summed E-state index contributed by atoms with van der Waals surface area (Å²) in [6.07, 6.45) is 21.8. The van der Waals surface area contributed by atoms with Gasteiger partial charge in [-0.25, -0.2) is 0 Å². The van der Waals surface area contributed by atoms with Gasteiger partial charge in [0.1, 0.15) is 0 Å². The van der Waals surface area contributed by atoms with Crippen LogP contribution in [-0.4, -0.2) is 11.5 Å². The zero-order chi connectivity index (χ0) is 15.4. The van der Waals surface area contributed by atoms with Crippen LogP contribution in [0.4, 0.5) is 0 Å². The predicted molar refractivity (Wildman–Crippen MR) is 106 cm³/mol. The summed E-state index contributed by atoms with van der Waals surface area (Å²) in [4.78, 5) is 0. The molecule has 0 atom stereocenters. The quantitative estimate of drug-likeness (QED) is 0.183. The normalized spacial score (nSPS) is 11.1. The number of hydrogen-bond donors (Lipinski definition) is 0. The van der Waals surface area contributed by atoms with Crippen LogP contribution >= 0.6 is 21.6 Å². The number of rotatable bonds is 18. The van der Waals surface area contributed by atoms with Gasteiger partial charge in [0.15, 0.2) is 0 Å². The Morgan fingerprint density at radius 2 is 0.762 bits per heavy atom. The van der Waals surface area contributed by atoms with Crippen molar-refractivity contribution in [1.29, 1.82) is 0 Å². The number of hydrogen-bond acceptors (Lipinski definition) is 2. The highest BCUT2D eigenvalue weighted by Gasteiger charge is 1.94. The first-order chi connectivity index (χ1) is 10.4. The van der Waals surface area contributed by atoms with Crippen molar-refractivity contribution >= 4 is 21.6 Å². The molecule has 0 aliphatic rings. The molecule has 0 bridgehead atoms. The van der Waals surface area contributed by atoms with Crippen molar-refractivity contribution in [2.45, 2.75) is 110 Å². The highest BCUT2D eigenvalue weighted by molar-refractivity contribution is 8.76. The first-order valence-corrected chi connectivity index (χ1v) is 12.1. The lowest BCUT2D eigenvalue weighted by atomic mass is 10.0. The molecule has 0 aliphatic heterocycles. The Bertz CT molecular complexity index is 153. The first kappa shape index (κ1) is 21.7. The van der Waals surface area contributed by atoms with Crippen LogP contribution in [0.5, 0.6) is 0 Å². The van der Waals surface area contributed by atoms with Crippen LogP contribution < -0.4 is 0 Å². The molecule has 0 amide bonds. The Morgan fingerprint density at radius 3 is 1.19 bits per heavy atom. The van der Waals surface area contributed by atoms with E-state index in [1.54, 1.807) is 0 Å². The lowest BCUT2D eigenvalue weighted by Gasteiger charge is -2.03. The minimum atomic E-state index is 1.32. The van der Waals surface area contributed by atoms with Gasteiger partial charge >= 0.3 is 0 Å². The summed E-state index contributed by atoms with van der Waals surface area (Å²) in [5.74, 6) is 2.69. The summed E-state index contributed by atoms with van der Waals surface area (Å²) in [7, 11) is 4.13. The van der Waals surface area contributed by atoms with Crippen LogP contribution in [0.1, 0.15) is 110 Å². The van der Waals surface area contributed by atoms with E-state index in [1.807, 2.05) is 0 Å². The highest BCUT2D eigenvalue weighted by Crippen LogP contribution is 2.23. The van der Waals surface area contributed by atoms with E-state index in [0.717, 1.165) is 0 Å². The molecule has 128 valence electrons. The van der Waals surface area contributed by atoms with Crippen molar-refractivity contribution in [3.63, 3.8) is 0 Å². The average Bonchev–Trinajstić information content (AvgIpc) is 2.50.